The van der Waals surface area contributed by atoms with Gasteiger partial charge in [0.1, 0.15) is 0 Å². The van der Waals surface area contributed by atoms with Crippen LogP contribution in [-0.2, 0) is 4.74 Å². The van der Waals surface area contributed by atoms with Crippen LogP contribution in [0.4, 0.5) is 0 Å². The van der Waals surface area contributed by atoms with E-state index in [4.69, 9.17) is 5.53 Å². The number of pyridine rings is 1. The zero-order chi connectivity index (χ0) is 13.4. The fraction of sp³-hybridized carbons (Fsp3) is 0.333. The number of aryl methyl sites for hydroxylation is 1. The summed E-state index contributed by atoms with van der Waals surface area (Å²) in [6.07, 6.45) is 2.00. The maximum Gasteiger partial charge on any atom is 0.356 e. The fourth-order valence-electron chi connectivity index (χ4n) is 1.27. The molecule has 0 bridgehead atoms. The number of rotatable bonds is 3. The molecule has 0 aliphatic carbocycles. The zero-order valence-corrected chi connectivity index (χ0v) is 10.2. The van der Waals surface area contributed by atoms with Crippen LogP contribution < -0.4 is 0 Å². The zero-order valence-electron chi connectivity index (χ0n) is 10.2. The van der Waals surface area contributed by atoms with Gasteiger partial charge in [-0.25, -0.2) is 9.78 Å². The minimum atomic E-state index is -0.463. The standard InChI is InChI=1S/C12H12N4O2/c1-9-7-10(5-3-4-6-15-16-13)8-14-11(9)12(17)18-2/h7-8H,4,6H2,1-2H3. The summed E-state index contributed by atoms with van der Waals surface area (Å²) in [6, 6.07) is 1.76. The summed E-state index contributed by atoms with van der Waals surface area (Å²) in [6.45, 7) is 2.11. The van der Waals surface area contributed by atoms with Crippen molar-refractivity contribution in [3.05, 3.63) is 39.5 Å². The van der Waals surface area contributed by atoms with E-state index in [1.807, 2.05) is 0 Å². The predicted molar refractivity (Wildman–Crippen MR) is 65.8 cm³/mol. The third-order valence-electron chi connectivity index (χ3n) is 2.09. The van der Waals surface area contributed by atoms with Crippen LogP contribution in [0.15, 0.2) is 17.4 Å². The number of aromatic nitrogens is 1. The second-order valence-electron chi connectivity index (χ2n) is 3.39. The van der Waals surface area contributed by atoms with Crippen molar-refractivity contribution in [2.75, 3.05) is 13.7 Å². The number of carbonyl (C=O) groups is 1. The maximum absolute atomic E-state index is 11.3. The summed E-state index contributed by atoms with van der Waals surface area (Å²) in [5, 5.41) is 3.37. The molecule has 1 heterocycles. The number of ether oxygens (including phenoxy) is 1. The molecule has 92 valence electrons. The monoisotopic (exact) mass is 244 g/mol. The minimum absolute atomic E-state index is 0.289. The number of methoxy groups -OCH3 is 1. The van der Waals surface area contributed by atoms with E-state index in [0.29, 0.717) is 24.1 Å². The molecule has 18 heavy (non-hydrogen) atoms. The Balaban J connectivity index is 2.78. The van der Waals surface area contributed by atoms with E-state index in [2.05, 4.69) is 31.6 Å². The highest BCUT2D eigenvalue weighted by Gasteiger charge is 2.10. The molecular weight excluding hydrogens is 232 g/mol. The smallest absolute Gasteiger partial charge is 0.356 e. The lowest BCUT2D eigenvalue weighted by Crippen LogP contribution is -2.06. The molecule has 0 aromatic carbocycles. The van der Waals surface area contributed by atoms with Crippen LogP contribution in [0.5, 0.6) is 0 Å². The molecular formula is C12H12N4O2. The van der Waals surface area contributed by atoms with Gasteiger partial charge in [0.25, 0.3) is 0 Å². The first-order valence-electron chi connectivity index (χ1n) is 5.23. The van der Waals surface area contributed by atoms with Crippen molar-refractivity contribution >= 4 is 5.97 Å². The molecule has 1 rings (SSSR count). The lowest BCUT2D eigenvalue weighted by atomic mass is 10.1. The number of esters is 1. The number of hydrogen-bond donors (Lipinski definition) is 0. The molecule has 0 unspecified atom stereocenters. The summed E-state index contributed by atoms with van der Waals surface area (Å²) >= 11 is 0. The number of hydrogen-bond acceptors (Lipinski definition) is 4. The number of nitrogens with zero attached hydrogens (tertiary/aromatic N) is 4. The Hall–Kier alpha value is -2.51. The second-order valence-corrected chi connectivity index (χ2v) is 3.39. The van der Waals surface area contributed by atoms with Crippen molar-refractivity contribution in [1.82, 2.24) is 4.98 Å². The molecule has 0 amide bonds. The molecule has 0 fully saturated rings. The van der Waals surface area contributed by atoms with Gasteiger partial charge in [0.05, 0.1) is 7.11 Å². The first-order chi connectivity index (χ1) is 8.69. The van der Waals surface area contributed by atoms with E-state index in [1.54, 1.807) is 13.0 Å². The number of azide groups is 1. The van der Waals surface area contributed by atoms with E-state index >= 15 is 0 Å². The first kappa shape index (κ1) is 13.6. The Bertz CT molecular complexity index is 551. The van der Waals surface area contributed by atoms with Gasteiger partial charge < -0.3 is 4.74 Å². The predicted octanol–water partition coefficient (Wildman–Crippen LogP) is 2.23. The van der Waals surface area contributed by atoms with Crippen molar-refractivity contribution in [3.63, 3.8) is 0 Å². The van der Waals surface area contributed by atoms with Gasteiger partial charge in [0.15, 0.2) is 5.69 Å². The lowest BCUT2D eigenvalue weighted by Gasteiger charge is -2.02. The van der Waals surface area contributed by atoms with Gasteiger partial charge >= 0.3 is 5.97 Å². The molecule has 0 aliphatic rings. The fourth-order valence-corrected chi connectivity index (χ4v) is 1.27. The highest BCUT2D eigenvalue weighted by atomic mass is 16.5. The van der Waals surface area contributed by atoms with Gasteiger partial charge in [0.2, 0.25) is 0 Å². The molecule has 0 spiro atoms. The summed E-state index contributed by atoms with van der Waals surface area (Å²) in [5.74, 6) is 5.27. The molecule has 6 nitrogen and oxygen atoms in total. The van der Waals surface area contributed by atoms with Gasteiger partial charge in [0, 0.05) is 29.6 Å². The van der Waals surface area contributed by atoms with Gasteiger partial charge in [-0.3, -0.25) is 0 Å². The SMILES string of the molecule is COC(=O)c1ncc(C#CCCN=[N+]=[N-])cc1C. The molecule has 6 heteroatoms. The number of carbonyl (C=O) groups excluding carboxylic acids is 1. The molecule has 1 aromatic heterocycles. The van der Waals surface area contributed by atoms with Crippen LogP contribution in [0.2, 0.25) is 0 Å². The van der Waals surface area contributed by atoms with Crippen LogP contribution in [-0.4, -0.2) is 24.6 Å². The molecule has 0 N–H and O–H groups in total. The Kier molecular flexibility index (Phi) is 5.23. The normalized spacial score (nSPS) is 8.78. The van der Waals surface area contributed by atoms with E-state index in [0.717, 1.165) is 0 Å². The van der Waals surface area contributed by atoms with Gasteiger partial charge in [-0.2, -0.15) is 0 Å². The van der Waals surface area contributed by atoms with Crippen molar-refractivity contribution in [3.8, 4) is 11.8 Å². The molecule has 0 saturated heterocycles. The van der Waals surface area contributed by atoms with Crippen molar-refractivity contribution in [2.24, 2.45) is 5.11 Å². The van der Waals surface area contributed by atoms with Crippen molar-refractivity contribution < 1.29 is 9.53 Å². The molecule has 0 atom stereocenters. The quantitative estimate of drug-likeness (QED) is 0.204. The van der Waals surface area contributed by atoms with Crippen molar-refractivity contribution in [2.45, 2.75) is 13.3 Å². The van der Waals surface area contributed by atoms with E-state index in [-0.39, 0.29) is 5.69 Å². The Morgan fingerprint density at radius 2 is 2.44 bits per heavy atom. The van der Waals surface area contributed by atoms with Crippen molar-refractivity contribution in [1.29, 1.82) is 0 Å². The molecule has 0 saturated carbocycles. The summed E-state index contributed by atoms with van der Waals surface area (Å²) in [5.41, 5.74) is 9.79. The van der Waals surface area contributed by atoms with Gasteiger partial charge in [-0.15, -0.1) is 0 Å². The topological polar surface area (TPSA) is 88.0 Å². The molecule has 0 radical (unpaired) electrons. The third-order valence-corrected chi connectivity index (χ3v) is 2.09. The highest BCUT2D eigenvalue weighted by Crippen LogP contribution is 2.08. The third kappa shape index (κ3) is 3.81. The van der Waals surface area contributed by atoms with Crippen LogP contribution in [0.25, 0.3) is 10.4 Å². The highest BCUT2D eigenvalue weighted by molar-refractivity contribution is 5.88. The van der Waals surface area contributed by atoms with Gasteiger partial charge in [-0.05, 0) is 24.1 Å². The Labute approximate surface area is 105 Å². The molecule has 1 aromatic rings. The van der Waals surface area contributed by atoms with E-state index < -0.39 is 5.97 Å². The lowest BCUT2D eigenvalue weighted by molar-refractivity contribution is 0.0593. The van der Waals surface area contributed by atoms with E-state index in [1.165, 1.54) is 13.3 Å². The van der Waals surface area contributed by atoms with Crippen LogP contribution in [0.3, 0.4) is 0 Å². The average Bonchev–Trinajstić information content (AvgIpc) is 2.38. The summed E-state index contributed by atoms with van der Waals surface area (Å²) in [7, 11) is 1.31. The van der Waals surface area contributed by atoms with Crippen LogP contribution in [0, 0.1) is 18.8 Å². The van der Waals surface area contributed by atoms with Crippen LogP contribution >= 0.6 is 0 Å². The Morgan fingerprint density at radius 3 is 3.06 bits per heavy atom. The second kappa shape index (κ2) is 6.94. The maximum atomic E-state index is 11.3. The van der Waals surface area contributed by atoms with Crippen LogP contribution in [0.1, 0.15) is 28.0 Å². The van der Waals surface area contributed by atoms with Gasteiger partial charge in [-0.1, -0.05) is 17.0 Å². The average molecular weight is 244 g/mol. The largest absolute Gasteiger partial charge is 0.464 e. The summed E-state index contributed by atoms with van der Waals surface area (Å²) < 4.78 is 4.60. The van der Waals surface area contributed by atoms with E-state index in [9.17, 15) is 4.79 Å². The first-order valence-corrected chi connectivity index (χ1v) is 5.23. The summed E-state index contributed by atoms with van der Waals surface area (Å²) in [4.78, 5) is 17.9. The minimum Gasteiger partial charge on any atom is -0.464 e. The Morgan fingerprint density at radius 1 is 1.67 bits per heavy atom. The molecule has 0 aliphatic heterocycles.